The molecule has 0 spiro atoms. The first-order chi connectivity index (χ1) is 16.3. The highest BCUT2D eigenvalue weighted by Crippen LogP contribution is 2.39. The van der Waals surface area contributed by atoms with Gasteiger partial charge in [0.15, 0.2) is 6.20 Å². The van der Waals surface area contributed by atoms with Gasteiger partial charge in [0.05, 0.1) is 19.2 Å². The number of benzene rings is 3. The van der Waals surface area contributed by atoms with E-state index in [0.29, 0.717) is 0 Å². The molecule has 3 aromatic heterocycles. The van der Waals surface area contributed by atoms with E-state index >= 15 is 0 Å². The van der Waals surface area contributed by atoms with Gasteiger partial charge < -0.3 is 0 Å². The van der Waals surface area contributed by atoms with E-state index < -0.39 is 8.07 Å². The van der Waals surface area contributed by atoms with Crippen LogP contribution in [0.2, 0.25) is 19.6 Å². The van der Waals surface area contributed by atoms with Crippen molar-refractivity contribution in [2.24, 2.45) is 7.05 Å². The number of pyridine rings is 1. The van der Waals surface area contributed by atoms with Gasteiger partial charge in [0.25, 0.3) is 0 Å². The lowest BCUT2D eigenvalue weighted by atomic mass is 9.97. The molecule has 3 aromatic carbocycles. The molecule has 0 radical (unpaired) electrons. The highest BCUT2D eigenvalue weighted by molar-refractivity contribution is 7.24. The minimum atomic E-state index is -1.56. The Kier molecular flexibility index (Phi) is 4.76. The van der Waals surface area contributed by atoms with Crippen LogP contribution >= 0.6 is 11.3 Å². The van der Waals surface area contributed by atoms with Crippen molar-refractivity contribution in [2.45, 2.75) is 26.6 Å². The van der Waals surface area contributed by atoms with Gasteiger partial charge in [-0.25, -0.2) is 4.98 Å². The molecule has 6 aromatic rings. The highest BCUT2D eigenvalue weighted by Gasteiger charge is 2.27. The topological polar surface area (TPSA) is 21.2 Å². The molecule has 0 aliphatic carbocycles. The predicted octanol–water partition coefficient (Wildman–Crippen LogP) is 6.71. The second kappa shape index (κ2) is 7.62. The summed E-state index contributed by atoms with van der Waals surface area (Å²) in [5.41, 5.74) is 7.39. The van der Waals surface area contributed by atoms with Gasteiger partial charge in [0.2, 0.25) is 5.69 Å². The maximum atomic E-state index is 4.78. The van der Waals surface area contributed by atoms with Gasteiger partial charge in [0, 0.05) is 11.6 Å². The molecule has 5 heteroatoms. The van der Waals surface area contributed by atoms with Crippen molar-refractivity contribution in [3.05, 3.63) is 84.8 Å². The van der Waals surface area contributed by atoms with Crippen molar-refractivity contribution in [3.8, 4) is 22.5 Å². The monoisotopic (exact) mass is 478 g/mol. The molecular weight excluding hydrogens is 450 g/mol. The Labute approximate surface area is 205 Å². The molecule has 0 aliphatic heterocycles. The molecule has 6 rings (SSSR count). The van der Waals surface area contributed by atoms with Crippen molar-refractivity contribution < 1.29 is 4.57 Å². The summed E-state index contributed by atoms with van der Waals surface area (Å²) in [7, 11) is 0.607. The Hall–Kier alpha value is -3.28. The molecule has 0 unspecified atom stereocenters. The van der Waals surface area contributed by atoms with Crippen LogP contribution < -0.4 is 9.75 Å². The van der Waals surface area contributed by atoms with E-state index in [4.69, 9.17) is 4.98 Å². The van der Waals surface area contributed by atoms with Crippen LogP contribution in [0.25, 0.3) is 48.3 Å². The van der Waals surface area contributed by atoms with Crippen LogP contribution in [0.4, 0.5) is 0 Å². The summed E-state index contributed by atoms with van der Waals surface area (Å²) in [6, 6.07) is 24.1. The van der Waals surface area contributed by atoms with Crippen molar-refractivity contribution in [2.75, 3.05) is 0 Å². The summed E-state index contributed by atoms with van der Waals surface area (Å²) in [5.74, 6) is 0. The van der Waals surface area contributed by atoms with Crippen molar-refractivity contribution >= 4 is 50.4 Å². The first kappa shape index (κ1) is 21.3. The normalized spacial score (nSPS) is 12.3. The largest absolute Gasteiger partial charge is 0.288 e. The van der Waals surface area contributed by atoms with Gasteiger partial charge in [0.1, 0.15) is 28.6 Å². The number of thiazole rings is 1. The number of hydrogen-bond donors (Lipinski definition) is 0. The van der Waals surface area contributed by atoms with Crippen LogP contribution in [-0.4, -0.2) is 17.5 Å². The summed E-state index contributed by atoms with van der Waals surface area (Å²) in [5, 5.41) is 4.30. The summed E-state index contributed by atoms with van der Waals surface area (Å²) >= 11 is 1.84. The molecular formula is C29H28N3SSi+. The first-order valence-electron chi connectivity index (χ1n) is 11.7. The SMILES string of the molecule is Cc1c(-c2c3sc4c(-c5ccccc5)ncn4c3cc[n+]2C)cc([Si](C)(C)C)c2ccccc12. The number of fused-ring (bicyclic) bond motifs is 4. The van der Waals surface area contributed by atoms with Gasteiger partial charge in [-0.15, -0.1) is 11.3 Å². The fraction of sp³-hybridized carbons (Fsp3) is 0.172. The number of hydrogen-bond acceptors (Lipinski definition) is 2. The van der Waals surface area contributed by atoms with E-state index in [9.17, 15) is 0 Å². The van der Waals surface area contributed by atoms with E-state index in [0.717, 1.165) is 11.3 Å². The lowest BCUT2D eigenvalue weighted by molar-refractivity contribution is -0.659. The Balaban J connectivity index is 1.70. The average Bonchev–Trinajstić information content (AvgIpc) is 3.39. The van der Waals surface area contributed by atoms with E-state index in [1.807, 2.05) is 17.7 Å². The smallest absolute Gasteiger partial charge is 0.232 e. The number of rotatable bonds is 3. The average molecular weight is 479 g/mol. The molecule has 0 saturated heterocycles. The summed E-state index contributed by atoms with van der Waals surface area (Å²) in [6.45, 7) is 9.62. The number of aryl methyl sites for hydroxylation is 2. The lowest BCUT2D eigenvalue weighted by Gasteiger charge is -2.22. The molecule has 3 nitrogen and oxygen atoms in total. The molecule has 0 N–H and O–H groups in total. The van der Waals surface area contributed by atoms with Gasteiger partial charge in [-0.05, 0) is 29.3 Å². The Bertz CT molecular complexity index is 1710. The molecule has 0 atom stereocenters. The number of imidazole rings is 1. The molecule has 0 bridgehead atoms. The van der Waals surface area contributed by atoms with Crippen LogP contribution in [0.15, 0.2) is 79.3 Å². The van der Waals surface area contributed by atoms with Crippen LogP contribution in [0.3, 0.4) is 0 Å². The number of aromatic nitrogens is 3. The molecule has 0 amide bonds. The summed E-state index contributed by atoms with van der Waals surface area (Å²) in [6.07, 6.45) is 4.16. The molecule has 168 valence electrons. The quantitative estimate of drug-likeness (QED) is 0.204. The summed E-state index contributed by atoms with van der Waals surface area (Å²) in [4.78, 5) is 5.97. The van der Waals surface area contributed by atoms with E-state index in [1.165, 1.54) is 47.8 Å². The van der Waals surface area contributed by atoms with Crippen LogP contribution in [-0.2, 0) is 7.05 Å². The Morgan fingerprint density at radius 1 is 0.912 bits per heavy atom. The van der Waals surface area contributed by atoms with Gasteiger partial charge in [-0.1, -0.05) is 79.4 Å². The second-order valence-corrected chi connectivity index (χ2v) is 16.2. The van der Waals surface area contributed by atoms with Crippen molar-refractivity contribution in [1.29, 1.82) is 0 Å². The standard InChI is InChI=1S/C29H28N3SSi/c1-19-21-13-9-10-14-22(21)25(34(3,4)5)17-23(19)27-28-24(15-16-31(27)2)32-18-30-26(29(32)33-28)20-11-7-6-8-12-20/h6-18H,1-5H3/q+1. The maximum Gasteiger partial charge on any atom is 0.232 e. The fourth-order valence-corrected chi connectivity index (χ4v) is 8.03. The third kappa shape index (κ3) is 3.15. The van der Waals surface area contributed by atoms with Crippen LogP contribution in [0, 0.1) is 6.92 Å². The van der Waals surface area contributed by atoms with Gasteiger partial charge in [-0.2, -0.15) is 4.57 Å². The molecule has 0 aliphatic rings. The zero-order chi connectivity index (χ0) is 23.6. The molecule has 0 fully saturated rings. The molecule has 3 heterocycles. The zero-order valence-corrected chi connectivity index (χ0v) is 22.1. The third-order valence-electron chi connectivity index (χ3n) is 6.86. The Morgan fingerprint density at radius 3 is 2.35 bits per heavy atom. The van der Waals surface area contributed by atoms with Gasteiger partial charge >= 0.3 is 0 Å². The minimum absolute atomic E-state index is 1.05. The van der Waals surface area contributed by atoms with Crippen molar-refractivity contribution in [1.82, 2.24) is 9.38 Å². The second-order valence-electron chi connectivity index (χ2n) is 10.1. The zero-order valence-electron chi connectivity index (χ0n) is 20.3. The van der Waals surface area contributed by atoms with Crippen LogP contribution in [0.5, 0.6) is 0 Å². The van der Waals surface area contributed by atoms with E-state index in [-0.39, 0.29) is 0 Å². The first-order valence-corrected chi connectivity index (χ1v) is 16.0. The summed E-state index contributed by atoms with van der Waals surface area (Å²) < 4.78 is 5.85. The van der Waals surface area contributed by atoms with Crippen molar-refractivity contribution in [3.63, 3.8) is 0 Å². The van der Waals surface area contributed by atoms with Gasteiger partial charge in [-0.3, -0.25) is 4.40 Å². The molecule has 0 saturated carbocycles. The fourth-order valence-electron chi connectivity index (χ4n) is 5.10. The minimum Gasteiger partial charge on any atom is -0.288 e. The maximum absolute atomic E-state index is 4.78. The van der Waals surface area contributed by atoms with Crippen LogP contribution in [0.1, 0.15) is 5.56 Å². The highest BCUT2D eigenvalue weighted by atomic mass is 32.1. The lowest BCUT2D eigenvalue weighted by Crippen LogP contribution is -2.39. The molecule has 34 heavy (non-hydrogen) atoms. The Morgan fingerprint density at radius 2 is 1.62 bits per heavy atom. The van der Waals surface area contributed by atoms with E-state index in [1.54, 1.807) is 0 Å². The predicted molar refractivity (Wildman–Crippen MR) is 148 cm³/mol. The van der Waals surface area contributed by atoms with E-state index in [2.05, 4.69) is 116 Å². The third-order valence-corrected chi connectivity index (χ3v) is 10.1. The number of nitrogens with zero attached hydrogens (tertiary/aromatic N) is 3.